The number of allylic oxidation sites excluding steroid dienone is 1. The number of nitrogens with zero attached hydrogens (tertiary/aromatic N) is 1. The third-order valence-electron chi connectivity index (χ3n) is 5.65. The van der Waals surface area contributed by atoms with Gasteiger partial charge in [-0.2, -0.15) is 0 Å². The highest BCUT2D eigenvalue weighted by Crippen LogP contribution is 2.43. The lowest BCUT2D eigenvalue weighted by molar-refractivity contribution is -0.119. The van der Waals surface area contributed by atoms with Crippen LogP contribution in [0.3, 0.4) is 0 Å². The van der Waals surface area contributed by atoms with E-state index in [-0.39, 0.29) is 16.7 Å². The molecule has 0 bridgehead atoms. The van der Waals surface area contributed by atoms with Gasteiger partial charge < -0.3 is 9.72 Å². The zero-order valence-electron chi connectivity index (χ0n) is 15.6. The zero-order chi connectivity index (χ0) is 20.5. The number of thiol groups is 1. The van der Waals surface area contributed by atoms with E-state index in [0.29, 0.717) is 44.9 Å². The normalized spacial score (nSPS) is 22.9. The summed E-state index contributed by atoms with van der Waals surface area (Å²) in [6.07, 6.45) is 1.71. The van der Waals surface area contributed by atoms with E-state index < -0.39 is 11.5 Å². The number of rotatable bonds is 2. The summed E-state index contributed by atoms with van der Waals surface area (Å²) < 4.78 is 5.93. The fraction of sp³-hybridized carbons (Fsp3) is 0.182. The number of ether oxygens (including phenoxy) is 1. The molecule has 29 heavy (non-hydrogen) atoms. The van der Waals surface area contributed by atoms with E-state index in [9.17, 15) is 14.4 Å². The first-order valence-corrected chi connectivity index (χ1v) is 9.58. The Balaban J connectivity index is 1.72. The van der Waals surface area contributed by atoms with Gasteiger partial charge in [-0.3, -0.25) is 14.4 Å². The Bertz CT molecular complexity index is 1290. The number of imidazole rings is 1. The summed E-state index contributed by atoms with van der Waals surface area (Å²) in [6, 6.07) is 10.1. The standard InChI is InChI=1S/C22H16N2O4S/c1-10-9-14(20(27)29)22(2,28-10)21-23-15-8-7-13-16(17(15)24-21)19(26)12-6-4-3-5-11(12)18(13)25/h3-9,14H,1-2H3,(H,23,24)(H,27,29). The summed E-state index contributed by atoms with van der Waals surface area (Å²) in [7, 11) is 0. The Kier molecular flexibility index (Phi) is 3.64. The molecule has 1 aliphatic heterocycles. The molecular weight excluding hydrogens is 388 g/mol. The van der Waals surface area contributed by atoms with Crippen LogP contribution in [0.5, 0.6) is 0 Å². The van der Waals surface area contributed by atoms with Gasteiger partial charge in [0.1, 0.15) is 0 Å². The summed E-state index contributed by atoms with van der Waals surface area (Å²) in [6.45, 7) is 3.52. The third kappa shape index (κ3) is 2.37. The molecular formula is C22H16N2O4S. The van der Waals surface area contributed by atoms with Crippen molar-refractivity contribution in [1.29, 1.82) is 0 Å². The number of carbonyl (C=O) groups is 3. The van der Waals surface area contributed by atoms with Crippen molar-refractivity contribution in [3.05, 3.63) is 76.3 Å². The van der Waals surface area contributed by atoms with Crippen LogP contribution in [0.2, 0.25) is 0 Å². The molecule has 6 nitrogen and oxygen atoms in total. The van der Waals surface area contributed by atoms with Gasteiger partial charge in [-0.25, -0.2) is 4.98 Å². The van der Waals surface area contributed by atoms with Gasteiger partial charge in [-0.05, 0) is 32.1 Å². The molecule has 1 N–H and O–H groups in total. The van der Waals surface area contributed by atoms with Crippen LogP contribution in [0, 0.1) is 5.92 Å². The van der Waals surface area contributed by atoms with Crippen LogP contribution in [-0.2, 0) is 15.1 Å². The van der Waals surface area contributed by atoms with Crippen LogP contribution < -0.4 is 0 Å². The van der Waals surface area contributed by atoms with Gasteiger partial charge in [-0.15, -0.1) is 12.6 Å². The number of hydrogen-bond donors (Lipinski definition) is 2. The van der Waals surface area contributed by atoms with E-state index in [2.05, 4.69) is 22.6 Å². The van der Waals surface area contributed by atoms with Crippen molar-refractivity contribution >= 4 is 40.3 Å². The minimum Gasteiger partial charge on any atom is -0.483 e. The lowest BCUT2D eigenvalue weighted by Gasteiger charge is -2.27. The largest absolute Gasteiger partial charge is 0.483 e. The van der Waals surface area contributed by atoms with Crippen LogP contribution in [-0.4, -0.2) is 26.6 Å². The second-order valence-electron chi connectivity index (χ2n) is 7.47. The van der Waals surface area contributed by atoms with Crippen molar-refractivity contribution in [1.82, 2.24) is 9.97 Å². The lowest BCUT2D eigenvalue weighted by atomic mass is 9.83. The van der Waals surface area contributed by atoms with Crippen LogP contribution in [0.4, 0.5) is 0 Å². The van der Waals surface area contributed by atoms with Crippen molar-refractivity contribution in [3.63, 3.8) is 0 Å². The predicted octanol–water partition coefficient (Wildman–Crippen LogP) is 3.56. The molecule has 2 atom stereocenters. The number of H-pyrrole nitrogens is 1. The first-order chi connectivity index (χ1) is 13.8. The highest BCUT2D eigenvalue weighted by molar-refractivity contribution is 7.96. The number of nitrogens with one attached hydrogen (secondary N) is 1. The molecule has 0 amide bonds. The fourth-order valence-corrected chi connectivity index (χ4v) is 4.55. The molecule has 3 aromatic rings. The topological polar surface area (TPSA) is 89.1 Å². The molecule has 5 rings (SSSR count). The number of aromatic nitrogens is 2. The van der Waals surface area contributed by atoms with Crippen LogP contribution in [0.1, 0.15) is 51.5 Å². The summed E-state index contributed by atoms with van der Waals surface area (Å²) in [5.74, 6) is -0.0505. The van der Waals surface area contributed by atoms with Gasteiger partial charge >= 0.3 is 0 Å². The fourth-order valence-electron chi connectivity index (χ4n) is 4.23. The maximum absolute atomic E-state index is 13.2. The van der Waals surface area contributed by atoms with E-state index >= 15 is 0 Å². The number of fused-ring (bicyclic) bond motifs is 4. The van der Waals surface area contributed by atoms with Gasteiger partial charge in [0.25, 0.3) is 0 Å². The number of aromatic amines is 1. The first kappa shape index (κ1) is 17.9. The van der Waals surface area contributed by atoms with Crippen molar-refractivity contribution in [2.75, 3.05) is 0 Å². The number of carbonyl (C=O) groups excluding carboxylic acids is 3. The predicted molar refractivity (Wildman–Crippen MR) is 109 cm³/mol. The third-order valence-corrected chi connectivity index (χ3v) is 5.93. The van der Waals surface area contributed by atoms with Gasteiger partial charge in [0, 0.05) is 16.7 Å². The second-order valence-corrected chi connectivity index (χ2v) is 7.91. The highest BCUT2D eigenvalue weighted by atomic mass is 32.1. The van der Waals surface area contributed by atoms with Crippen molar-refractivity contribution in [2.24, 2.45) is 5.92 Å². The molecule has 1 aromatic heterocycles. The van der Waals surface area contributed by atoms with Crippen LogP contribution in [0.25, 0.3) is 11.0 Å². The quantitative estimate of drug-likeness (QED) is 0.499. The minimum atomic E-state index is -1.07. The molecule has 0 fully saturated rings. The van der Waals surface area contributed by atoms with Crippen molar-refractivity contribution < 1.29 is 19.1 Å². The molecule has 0 spiro atoms. The molecule has 7 heteroatoms. The van der Waals surface area contributed by atoms with E-state index in [1.54, 1.807) is 56.3 Å². The van der Waals surface area contributed by atoms with E-state index in [0.717, 1.165) is 0 Å². The summed E-state index contributed by atoms with van der Waals surface area (Å²) in [5, 5.41) is -0.341. The van der Waals surface area contributed by atoms with E-state index in [1.807, 2.05) is 0 Å². The molecule has 144 valence electrons. The van der Waals surface area contributed by atoms with Gasteiger partial charge in [0.2, 0.25) is 0 Å². The Morgan fingerprint density at radius 2 is 1.79 bits per heavy atom. The van der Waals surface area contributed by atoms with Crippen LogP contribution in [0.15, 0.2) is 48.2 Å². The SMILES string of the molecule is CC1=CC(C(=O)S)C(C)(c2nc3ccc4c(c3[nH]2)C(=O)c2ccccc2C4=O)O1. The Morgan fingerprint density at radius 1 is 1.10 bits per heavy atom. The lowest BCUT2D eigenvalue weighted by Crippen LogP contribution is -2.34. The molecule has 2 aliphatic rings. The first-order valence-electron chi connectivity index (χ1n) is 9.13. The summed E-state index contributed by atoms with van der Waals surface area (Å²) in [4.78, 5) is 45.9. The molecule has 1 aliphatic carbocycles. The Morgan fingerprint density at radius 3 is 2.48 bits per heavy atom. The molecule has 0 radical (unpaired) electrons. The molecule has 0 saturated carbocycles. The average molecular weight is 404 g/mol. The monoisotopic (exact) mass is 404 g/mol. The molecule has 2 aromatic carbocycles. The number of ketones is 2. The molecule has 2 heterocycles. The minimum absolute atomic E-state index is 0.197. The van der Waals surface area contributed by atoms with Crippen molar-refractivity contribution in [3.8, 4) is 0 Å². The molecule has 2 unspecified atom stereocenters. The average Bonchev–Trinajstić information content (AvgIpc) is 3.27. The maximum Gasteiger partial charge on any atom is 0.197 e. The van der Waals surface area contributed by atoms with E-state index in [4.69, 9.17) is 4.74 Å². The van der Waals surface area contributed by atoms with E-state index in [1.165, 1.54) is 0 Å². The van der Waals surface area contributed by atoms with Gasteiger partial charge in [-0.1, -0.05) is 24.3 Å². The van der Waals surface area contributed by atoms with Gasteiger partial charge in [0.15, 0.2) is 28.1 Å². The zero-order valence-corrected chi connectivity index (χ0v) is 16.5. The smallest absolute Gasteiger partial charge is 0.197 e. The van der Waals surface area contributed by atoms with Gasteiger partial charge in [0.05, 0.1) is 28.3 Å². The summed E-state index contributed by atoms with van der Waals surface area (Å²) >= 11 is 3.99. The molecule has 0 saturated heterocycles. The Hall–Kier alpha value is -3.19. The second kappa shape index (κ2) is 5.90. The summed E-state index contributed by atoms with van der Waals surface area (Å²) in [5.41, 5.74) is 1.32. The highest BCUT2D eigenvalue weighted by Gasteiger charge is 2.47. The van der Waals surface area contributed by atoms with Crippen molar-refractivity contribution in [2.45, 2.75) is 19.4 Å². The van der Waals surface area contributed by atoms with Crippen LogP contribution >= 0.6 is 12.6 Å². The maximum atomic E-state index is 13.2. The number of hydrogen-bond acceptors (Lipinski definition) is 5. The Labute approximate surface area is 171 Å². The number of benzene rings is 2.